The number of tetrazole rings is 1. The minimum absolute atomic E-state index is 0.290. The normalized spacial score (nSPS) is 13.5. The molecule has 6 rings (SSSR count). The van der Waals surface area contributed by atoms with Gasteiger partial charge in [0.2, 0.25) is 0 Å². The number of hydrogen-bond acceptors (Lipinski definition) is 6. The number of nitrogens with zero attached hydrogens (tertiary/aromatic N) is 7. The van der Waals surface area contributed by atoms with Crippen LogP contribution in [0.5, 0.6) is 0 Å². The molecule has 1 fully saturated rings. The second-order valence-corrected chi connectivity index (χ2v) is 9.73. The summed E-state index contributed by atoms with van der Waals surface area (Å²) in [5.74, 6) is 1.93. The van der Waals surface area contributed by atoms with Gasteiger partial charge >= 0.3 is 5.69 Å². The van der Waals surface area contributed by atoms with Gasteiger partial charge in [-0.3, -0.25) is 13.9 Å². The number of imidazole rings is 1. The van der Waals surface area contributed by atoms with E-state index in [1.807, 2.05) is 28.8 Å². The van der Waals surface area contributed by atoms with Crippen molar-refractivity contribution in [2.45, 2.75) is 45.7 Å². The molecule has 0 aliphatic heterocycles. The van der Waals surface area contributed by atoms with Crippen molar-refractivity contribution in [3.8, 4) is 22.5 Å². The van der Waals surface area contributed by atoms with Crippen molar-refractivity contribution >= 4 is 11.2 Å². The van der Waals surface area contributed by atoms with E-state index in [2.05, 4.69) is 51.8 Å². The lowest BCUT2D eigenvalue weighted by Crippen LogP contribution is -2.39. The number of aryl methyl sites for hydroxylation is 1. The summed E-state index contributed by atoms with van der Waals surface area (Å²) in [5, 5.41) is 14.3. The number of fused-ring (bicyclic) bond motifs is 1. The van der Waals surface area contributed by atoms with Gasteiger partial charge in [0.1, 0.15) is 5.82 Å². The molecule has 188 valence electrons. The van der Waals surface area contributed by atoms with Crippen molar-refractivity contribution in [1.82, 2.24) is 39.3 Å². The summed E-state index contributed by atoms with van der Waals surface area (Å²) in [6.07, 6.45) is 3.85. The van der Waals surface area contributed by atoms with Gasteiger partial charge in [-0.25, -0.2) is 14.9 Å². The molecule has 10 nitrogen and oxygen atoms in total. The summed E-state index contributed by atoms with van der Waals surface area (Å²) in [4.78, 5) is 31.1. The lowest BCUT2D eigenvalue weighted by molar-refractivity contribution is 0.576. The molecule has 5 aromatic rings. The Morgan fingerprint density at radius 1 is 1.00 bits per heavy atom. The topological polar surface area (TPSA) is 116 Å². The molecule has 1 N–H and O–H groups in total. The summed E-state index contributed by atoms with van der Waals surface area (Å²) in [6, 6.07) is 16.2. The standard InChI is InChI=1S/C27H28N8O2/c1-3-6-22-28-25-23(26(36)33(2)27(37)35(25)16-17-9-10-17)34(22)15-18-11-13-19(14-12-18)20-7-4-5-8-21(20)24-29-31-32-30-24/h4-5,7-8,11-14,17H,3,6,9-10,15-16H2,1-2H3,(H,29,30,31,32). The van der Waals surface area contributed by atoms with Crippen LogP contribution in [0.25, 0.3) is 33.7 Å². The van der Waals surface area contributed by atoms with Crippen LogP contribution in [-0.2, 0) is 26.6 Å². The fraction of sp³-hybridized carbons (Fsp3) is 0.333. The van der Waals surface area contributed by atoms with E-state index in [1.54, 1.807) is 11.6 Å². The Kier molecular flexibility index (Phi) is 5.78. The van der Waals surface area contributed by atoms with Crippen molar-refractivity contribution in [1.29, 1.82) is 0 Å². The Bertz CT molecular complexity index is 1690. The van der Waals surface area contributed by atoms with E-state index in [-0.39, 0.29) is 11.2 Å². The molecule has 3 aromatic heterocycles. The van der Waals surface area contributed by atoms with Gasteiger partial charge in [-0.15, -0.1) is 5.10 Å². The number of benzene rings is 2. The van der Waals surface area contributed by atoms with Crippen molar-refractivity contribution in [2.24, 2.45) is 13.0 Å². The molecular formula is C27H28N8O2. The van der Waals surface area contributed by atoms with Gasteiger partial charge in [0.15, 0.2) is 17.0 Å². The molecule has 1 aliphatic carbocycles. The van der Waals surface area contributed by atoms with E-state index in [9.17, 15) is 9.59 Å². The minimum Gasteiger partial charge on any atom is -0.318 e. The lowest BCUT2D eigenvalue weighted by Gasteiger charge is -2.12. The zero-order valence-electron chi connectivity index (χ0n) is 20.9. The Balaban J connectivity index is 1.40. The zero-order chi connectivity index (χ0) is 25.5. The maximum absolute atomic E-state index is 13.3. The van der Waals surface area contributed by atoms with Crippen LogP contribution in [0, 0.1) is 5.92 Å². The van der Waals surface area contributed by atoms with Gasteiger partial charge in [0.05, 0.1) is 0 Å². The van der Waals surface area contributed by atoms with Crippen molar-refractivity contribution in [3.05, 3.63) is 80.8 Å². The summed E-state index contributed by atoms with van der Waals surface area (Å²) in [5.41, 5.74) is 4.44. The van der Waals surface area contributed by atoms with Gasteiger partial charge in [0.25, 0.3) is 5.56 Å². The van der Waals surface area contributed by atoms with E-state index in [0.717, 1.165) is 53.8 Å². The molecule has 1 saturated carbocycles. The van der Waals surface area contributed by atoms with Gasteiger partial charge in [-0.05, 0) is 52.3 Å². The lowest BCUT2D eigenvalue weighted by atomic mass is 9.98. The summed E-state index contributed by atoms with van der Waals surface area (Å²) in [7, 11) is 1.56. The molecule has 0 unspecified atom stereocenters. The predicted octanol–water partition coefficient (Wildman–Crippen LogP) is 3.15. The van der Waals surface area contributed by atoms with E-state index in [4.69, 9.17) is 4.98 Å². The second-order valence-electron chi connectivity index (χ2n) is 9.73. The third-order valence-corrected chi connectivity index (χ3v) is 7.05. The highest BCUT2D eigenvalue weighted by atomic mass is 16.2. The van der Waals surface area contributed by atoms with Crippen LogP contribution in [-0.4, -0.2) is 39.3 Å². The first-order valence-electron chi connectivity index (χ1n) is 12.7. The molecule has 0 saturated heterocycles. The summed E-state index contributed by atoms with van der Waals surface area (Å²) < 4.78 is 4.91. The molecule has 37 heavy (non-hydrogen) atoms. The molecule has 0 spiro atoms. The molecule has 0 atom stereocenters. The Morgan fingerprint density at radius 3 is 2.43 bits per heavy atom. The largest absolute Gasteiger partial charge is 0.332 e. The van der Waals surface area contributed by atoms with E-state index in [1.165, 1.54) is 4.57 Å². The number of aromatic amines is 1. The molecule has 0 bridgehead atoms. The Hall–Kier alpha value is -4.34. The van der Waals surface area contributed by atoms with E-state index >= 15 is 0 Å². The van der Waals surface area contributed by atoms with Crippen molar-refractivity contribution in [2.75, 3.05) is 0 Å². The van der Waals surface area contributed by atoms with Crippen molar-refractivity contribution in [3.63, 3.8) is 0 Å². The van der Waals surface area contributed by atoms with Crippen LogP contribution in [0.1, 0.15) is 37.6 Å². The highest BCUT2D eigenvalue weighted by molar-refractivity contribution is 5.80. The maximum atomic E-state index is 13.3. The van der Waals surface area contributed by atoms with Gasteiger partial charge in [0, 0.05) is 32.1 Å². The fourth-order valence-electron chi connectivity index (χ4n) is 4.90. The first kappa shape index (κ1) is 23.1. The number of rotatable bonds is 8. The SMILES string of the molecule is CCCc1nc2c(c(=O)n(C)c(=O)n2CC2CC2)n1Cc1ccc(-c2ccccc2-c2nnn[nH]2)cc1. The van der Waals surface area contributed by atoms with Gasteiger partial charge < -0.3 is 4.57 Å². The highest BCUT2D eigenvalue weighted by Crippen LogP contribution is 2.31. The maximum Gasteiger partial charge on any atom is 0.332 e. The van der Waals surface area contributed by atoms with Gasteiger partial charge in [-0.1, -0.05) is 55.5 Å². The predicted molar refractivity (Wildman–Crippen MR) is 140 cm³/mol. The van der Waals surface area contributed by atoms with Crippen LogP contribution in [0.15, 0.2) is 58.1 Å². The first-order valence-corrected chi connectivity index (χ1v) is 12.7. The van der Waals surface area contributed by atoms with Gasteiger partial charge in [-0.2, -0.15) is 0 Å². The molecule has 10 heteroatoms. The van der Waals surface area contributed by atoms with E-state index in [0.29, 0.717) is 36.0 Å². The molecule has 2 aromatic carbocycles. The van der Waals surface area contributed by atoms with Crippen LogP contribution < -0.4 is 11.2 Å². The van der Waals surface area contributed by atoms with Crippen LogP contribution in [0.3, 0.4) is 0 Å². The highest BCUT2D eigenvalue weighted by Gasteiger charge is 2.26. The number of hydrogen-bond donors (Lipinski definition) is 1. The number of aromatic nitrogens is 8. The minimum atomic E-state index is -0.298. The van der Waals surface area contributed by atoms with Crippen LogP contribution in [0.4, 0.5) is 0 Å². The van der Waals surface area contributed by atoms with Crippen LogP contribution >= 0.6 is 0 Å². The zero-order valence-corrected chi connectivity index (χ0v) is 20.9. The third kappa shape index (κ3) is 4.18. The summed E-state index contributed by atoms with van der Waals surface area (Å²) >= 11 is 0. The van der Waals surface area contributed by atoms with Crippen molar-refractivity contribution < 1.29 is 0 Å². The van der Waals surface area contributed by atoms with Crippen LogP contribution in [0.2, 0.25) is 0 Å². The second kappa shape index (κ2) is 9.27. The number of nitrogens with one attached hydrogen (secondary N) is 1. The molecule has 0 amide bonds. The number of H-pyrrole nitrogens is 1. The fourth-order valence-corrected chi connectivity index (χ4v) is 4.90. The monoisotopic (exact) mass is 496 g/mol. The molecule has 1 aliphatic rings. The third-order valence-electron chi connectivity index (χ3n) is 7.05. The first-order chi connectivity index (χ1) is 18.0. The smallest absolute Gasteiger partial charge is 0.318 e. The summed E-state index contributed by atoms with van der Waals surface area (Å²) in [6.45, 7) is 3.20. The quantitative estimate of drug-likeness (QED) is 0.353. The average Bonchev–Trinajstić information content (AvgIpc) is 3.43. The van der Waals surface area contributed by atoms with E-state index < -0.39 is 0 Å². The Morgan fingerprint density at radius 2 is 1.76 bits per heavy atom. The molecule has 0 radical (unpaired) electrons. The Labute approximate surface area is 212 Å². The average molecular weight is 497 g/mol. The molecular weight excluding hydrogens is 468 g/mol. The molecule has 3 heterocycles.